The Balaban J connectivity index is 1.32. The number of anilines is 4. The SMILES string of the molecule is O=C(NNc1ccc(C(F)(F)F)cc1)c1ccc(Nc2cccc(NC(=O)c3ccccc3)c2)cc1. The summed E-state index contributed by atoms with van der Waals surface area (Å²) in [5.74, 6) is -0.667. The maximum Gasteiger partial charge on any atom is 0.416 e. The third-order valence-electron chi connectivity index (χ3n) is 5.12. The number of benzene rings is 4. The number of alkyl halides is 3. The number of rotatable bonds is 7. The van der Waals surface area contributed by atoms with Crippen molar-refractivity contribution in [2.75, 3.05) is 16.1 Å². The Morgan fingerprint density at radius 2 is 1.19 bits per heavy atom. The molecule has 0 radical (unpaired) electrons. The van der Waals surface area contributed by atoms with Crippen LogP contribution in [0.2, 0.25) is 0 Å². The number of carbonyl (C=O) groups is 2. The summed E-state index contributed by atoms with van der Waals surface area (Å²) in [4.78, 5) is 24.7. The lowest BCUT2D eigenvalue weighted by molar-refractivity contribution is -0.137. The standard InChI is InChI=1S/C27H21F3N4O2/c28-27(29,30)20-11-15-22(16-12-20)33-34-26(36)19-9-13-21(14-10-19)31-23-7-4-8-24(17-23)32-25(35)18-5-2-1-3-6-18/h1-17,31,33H,(H,32,35)(H,34,36). The third-order valence-corrected chi connectivity index (χ3v) is 5.12. The van der Waals surface area contributed by atoms with Gasteiger partial charge >= 0.3 is 6.18 Å². The quantitative estimate of drug-likeness (QED) is 0.224. The van der Waals surface area contributed by atoms with E-state index in [0.717, 1.165) is 17.8 Å². The molecule has 4 aromatic carbocycles. The normalized spacial score (nSPS) is 10.9. The largest absolute Gasteiger partial charge is 0.416 e. The van der Waals surface area contributed by atoms with E-state index in [4.69, 9.17) is 0 Å². The summed E-state index contributed by atoms with van der Waals surface area (Å²) in [6, 6.07) is 27.0. The van der Waals surface area contributed by atoms with Crippen LogP contribution in [0.1, 0.15) is 26.3 Å². The fourth-order valence-corrected chi connectivity index (χ4v) is 3.28. The Kier molecular flexibility index (Phi) is 7.20. The van der Waals surface area contributed by atoms with Gasteiger partial charge in [0, 0.05) is 28.2 Å². The molecule has 0 heterocycles. The molecule has 0 aliphatic heterocycles. The molecule has 0 bridgehead atoms. The molecule has 0 saturated heterocycles. The van der Waals surface area contributed by atoms with Crippen LogP contribution in [-0.4, -0.2) is 11.8 Å². The van der Waals surface area contributed by atoms with Gasteiger partial charge in [-0.3, -0.25) is 20.4 Å². The lowest BCUT2D eigenvalue weighted by Crippen LogP contribution is -2.29. The molecule has 0 unspecified atom stereocenters. The van der Waals surface area contributed by atoms with Crippen molar-refractivity contribution in [1.82, 2.24) is 5.43 Å². The number of hydrogen-bond acceptors (Lipinski definition) is 4. The van der Waals surface area contributed by atoms with Crippen molar-refractivity contribution in [2.24, 2.45) is 0 Å². The first-order valence-electron chi connectivity index (χ1n) is 10.8. The first-order valence-corrected chi connectivity index (χ1v) is 10.8. The minimum Gasteiger partial charge on any atom is -0.355 e. The predicted octanol–water partition coefficient (Wildman–Crippen LogP) is 6.46. The van der Waals surface area contributed by atoms with Crippen LogP contribution in [0, 0.1) is 0 Å². The zero-order chi connectivity index (χ0) is 25.5. The van der Waals surface area contributed by atoms with Crippen molar-refractivity contribution < 1.29 is 22.8 Å². The highest BCUT2D eigenvalue weighted by atomic mass is 19.4. The monoisotopic (exact) mass is 490 g/mol. The molecule has 0 fully saturated rings. The third kappa shape index (κ3) is 6.41. The van der Waals surface area contributed by atoms with Crippen LogP contribution in [0.4, 0.5) is 35.9 Å². The second-order valence-electron chi connectivity index (χ2n) is 7.76. The minimum atomic E-state index is -4.42. The van der Waals surface area contributed by atoms with Crippen LogP contribution < -0.4 is 21.5 Å². The van der Waals surface area contributed by atoms with Crippen molar-refractivity contribution in [3.05, 3.63) is 120 Å². The van der Waals surface area contributed by atoms with Crippen molar-refractivity contribution in [2.45, 2.75) is 6.18 Å². The molecule has 0 saturated carbocycles. The molecule has 4 rings (SSSR count). The zero-order valence-electron chi connectivity index (χ0n) is 18.8. The van der Waals surface area contributed by atoms with E-state index in [1.165, 1.54) is 12.1 Å². The van der Waals surface area contributed by atoms with E-state index >= 15 is 0 Å². The Morgan fingerprint density at radius 1 is 0.583 bits per heavy atom. The average Bonchev–Trinajstić information content (AvgIpc) is 2.88. The molecular formula is C27H21F3N4O2. The van der Waals surface area contributed by atoms with Gasteiger partial charge in [-0.1, -0.05) is 24.3 Å². The number of nitrogens with one attached hydrogen (secondary N) is 4. The summed E-state index contributed by atoms with van der Waals surface area (Å²) < 4.78 is 37.9. The Hall–Kier alpha value is -4.79. The molecule has 2 amide bonds. The lowest BCUT2D eigenvalue weighted by atomic mass is 10.2. The number of hydrogen-bond donors (Lipinski definition) is 4. The van der Waals surface area contributed by atoms with Gasteiger partial charge in [-0.25, -0.2) is 0 Å². The van der Waals surface area contributed by atoms with Crippen molar-refractivity contribution in [3.63, 3.8) is 0 Å². The second-order valence-corrected chi connectivity index (χ2v) is 7.76. The predicted molar refractivity (Wildman–Crippen MR) is 133 cm³/mol. The number of halogens is 3. The highest BCUT2D eigenvalue weighted by Gasteiger charge is 2.29. The van der Waals surface area contributed by atoms with E-state index in [1.807, 2.05) is 12.1 Å². The fraction of sp³-hybridized carbons (Fsp3) is 0.0370. The van der Waals surface area contributed by atoms with Crippen LogP contribution in [0.25, 0.3) is 0 Å². The summed E-state index contributed by atoms with van der Waals surface area (Å²) in [5, 5.41) is 6.06. The van der Waals surface area contributed by atoms with Gasteiger partial charge in [-0.05, 0) is 78.9 Å². The van der Waals surface area contributed by atoms with E-state index in [1.54, 1.807) is 66.7 Å². The van der Waals surface area contributed by atoms with Crippen molar-refractivity contribution in [1.29, 1.82) is 0 Å². The molecule has 182 valence electrons. The first-order chi connectivity index (χ1) is 17.3. The maximum absolute atomic E-state index is 12.6. The molecule has 4 N–H and O–H groups in total. The molecule has 6 nitrogen and oxygen atoms in total. The van der Waals surface area contributed by atoms with Gasteiger partial charge in [0.25, 0.3) is 11.8 Å². The highest BCUT2D eigenvalue weighted by Crippen LogP contribution is 2.29. The number of hydrazine groups is 1. The van der Waals surface area contributed by atoms with E-state index in [-0.39, 0.29) is 5.91 Å². The maximum atomic E-state index is 12.6. The summed E-state index contributed by atoms with van der Waals surface area (Å²) in [6.45, 7) is 0. The van der Waals surface area contributed by atoms with Crippen molar-refractivity contribution >= 4 is 34.6 Å². The van der Waals surface area contributed by atoms with Crippen LogP contribution >= 0.6 is 0 Å². The van der Waals surface area contributed by atoms with Gasteiger partial charge in [0.2, 0.25) is 0 Å². The van der Waals surface area contributed by atoms with Gasteiger partial charge in [0.05, 0.1) is 11.3 Å². The highest BCUT2D eigenvalue weighted by molar-refractivity contribution is 6.04. The molecule has 0 spiro atoms. The summed E-state index contributed by atoms with van der Waals surface area (Å²) in [7, 11) is 0. The van der Waals surface area contributed by atoms with Gasteiger partial charge < -0.3 is 10.6 Å². The molecule has 0 aliphatic carbocycles. The molecule has 4 aromatic rings. The summed E-state index contributed by atoms with van der Waals surface area (Å²) in [6.07, 6.45) is -4.42. The van der Waals surface area contributed by atoms with Gasteiger partial charge in [-0.15, -0.1) is 0 Å². The number of amides is 2. The number of carbonyl (C=O) groups excluding carboxylic acids is 2. The molecule has 0 aliphatic rings. The lowest BCUT2D eigenvalue weighted by Gasteiger charge is -2.12. The van der Waals surface area contributed by atoms with Crippen LogP contribution in [0.5, 0.6) is 0 Å². The Labute approximate surface area is 205 Å². The molecular weight excluding hydrogens is 469 g/mol. The van der Waals surface area contributed by atoms with E-state index < -0.39 is 17.6 Å². The Bertz CT molecular complexity index is 1340. The minimum absolute atomic E-state index is 0.215. The van der Waals surface area contributed by atoms with E-state index in [9.17, 15) is 22.8 Å². The molecule has 9 heteroatoms. The van der Waals surface area contributed by atoms with E-state index in [0.29, 0.717) is 28.2 Å². The average molecular weight is 490 g/mol. The summed E-state index contributed by atoms with van der Waals surface area (Å²) in [5.41, 5.74) is 7.57. The zero-order valence-corrected chi connectivity index (χ0v) is 18.8. The van der Waals surface area contributed by atoms with Crippen LogP contribution in [0.3, 0.4) is 0 Å². The Morgan fingerprint density at radius 3 is 1.86 bits per heavy atom. The molecule has 0 atom stereocenters. The molecule has 0 aromatic heterocycles. The topological polar surface area (TPSA) is 82.3 Å². The van der Waals surface area contributed by atoms with Gasteiger partial charge in [0.1, 0.15) is 0 Å². The van der Waals surface area contributed by atoms with E-state index in [2.05, 4.69) is 21.5 Å². The van der Waals surface area contributed by atoms with Gasteiger partial charge in [0.15, 0.2) is 0 Å². The summed E-state index contributed by atoms with van der Waals surface area (Å²) >= 11 is 0. The van der Waals surface area contributed by atoms with Crippen LogP contribution in [-0.2, 0) is 6.18 Å². The second kappa shape index (κ2) is 10.6. The van der Waals surface area contributed by atoms with Crippen LogP contribution in [0.15, 0.2) is 103 Å². The smallest absolute Gasteiger partial charge is 0.355 e. The first kappa shape index (κ1) is 24.3. The fourth-order valence-electron chi connectivity index (χ4n) is 3.28. The molecule has 36 heavy (non-hydrogen) atoms. The van der Waals surface area contributed by atoms with Gasteiger partial charge in [-0.2, -0.15) is 13.2 Å². The van der Waals surface area contributed by atoms with Crippen molar-refractivity contribution in [3.8, 4) is 0 Å².